The molecule has 2 aromatic carbocycles. The third-order valence-electron chi connectivity index (χ3n) is 3.72. The second kappa shape index (κ2) is 10.9. The zero-order chi connectivity index (χ0) is 21.4. The molecular weight excluding hydrogens is 456 g/mol. The summed E-state index contributed by atoms with van der Waals surface area (Å²) in [5.74, 6) is 0.688. The largest absolute Gasteiger partial charge is 0.490 e. The van der Waals surface area contributed by atoms with Crippen molar-refractivity contribution in [3.8, 4) is 5.75 Å². The van der Waals surface area contributed by atoms with E-state index < -0.39 is 0 Å². The molecule has 6 nitrogen and oxygen atoms in total. The topological polar surface area (TPSA) is 66.0 Å². The highest BCUT2D eigenvalue weighted by atomic mass is 79.9. The van der Waals surface area contributed by atoms with Crippen molar-refractivity contribution in [2.24, 2.45) is 5.10 Å². The van der Waals surface area contributed by atoms with Crippen molar-refractivity contribution >= 4 is 56.8 Å². The van der Waals surface area contributed by atoms with Crippen LogP contribution in [0.5, 0.6) is 5.75 Å². The number of halogens is 2. The van der Waals surface area contributed by atoms with Gasteiger partial charge < -0.3 is 15.4 Å². The van der Waals surface area contributed by atoms with Crippen LogP contribution in [0.4, 0.5) is 16.2 Å². The molecule has 0 atom stereocenters. The molecule has 2 rings (SSSR count). The molecule has 0 aliphatic rings. The standard InChI is InChI=1S/C21H24BrClN4O2/c1-5-24-27(4)19(13-22)18-12-17(10-11-20(18)29-14(2)3)26-21(28)25-16-8-6-15(23)7-9-16/h5-14H,1-4H3,(H2,25,26,28)/b19-13+,24-5-. The summed E-state index contributed by atoms with van der Waals surface area (Å²) in [6.07, 6.45) is 1.69. The van der Waals surface area contributed by atoms with Crippen LogP contribution in [0, 0.1) is 0 Å². The second-order valence-electron chi connectivity index (χ2n) is 6.36. The van der Waals surface area contributed by atoms with E-state index in [0.29, 0.717) is 22.1 Å². The molecule has 8 heteroatoms. The number of carbonyl (C=O) groups is 1. The Morgan fingerprint density at radius 2 is 1.79 bits per heavy atom. The SMILES string of the molecule is C/C=N\N(C)/C(=C/Br)c1cc(NC(=O)Nc2ccc(Cl)cc2)ccc1OC(C)C. The average molecular weight is 480 g/mol. The van der Waals surface area contributed by atoms with Gasteiger partial charge in [0.05, 0.1) is 11.8 Å². The Morgan fingerprint density at radius 1 is 1.17 bits per heavy atom. The van der Waals surface area contributed by atoms with Gasteiger partial charge in [-0.1, -0.05) is 27.5 Å². The van der Waals surface area contributed by atoms with Crippen molar-refractivity contribution in [2.75, 3.05) is 17.7 Å². The first-order chi connectivity index (χ1) is 13.8. The molecular formula is C21H24BrClN4O2. The Kier molecular flexibility index (Phi) is 8.54. The molecule has 154 valence electrons. The minimum atomic E-state index is -0.361. The van der Waals surface area contributed by atoms with Gasteiger partial charge in [-0.2, -0.15) is 5.10 Å². The molecule has 0 bridgehead atoms. The lowest BCUT2D eigenvalue weighted by Gasteiger charge is -2.21. The third kappa shape index (κ3) is 6.80. The fraction of sp³-hybridized carbons (Fsp3) is 0.238. The van der Waals surface area contributed by atoms with Gasteiger partial charge in [-0.15, -0.1) is 0 Å². The normalized spacial score (nSPS) is 11.6. The Hall–Kier alpha value is -2.51. The molecule has 2 amide bonds. The summed E-state index contributed by atoms with van der Waals surface area (Å²) >= 11 is 9.28. The number of anilines is 2. The summed E-state index contributed by atoms with van der Waals surface area (Å²) < 4.78 is 5.94. The number of hydrogen-bond acceptors (Lipinski definition) is 4. The summed E-state index contributed by atoms with van der Waals surface area (Å²) in [6.45, 7) is 5.76. The smallest absolute Gasteiger partial charge is 0.323 e. The highest BCUT2D eigenvalue weighted by molar-refractivity contribution is 9.11. The van der Waals surface area contributed by atoms with E-state index in [1.807, 2.05) is 40.0 Å². The van der Waals surface area contributed by atoms with Gasteiger partial charge in [-0.05, 0) is 63.2 Å². The van der Waals surface area contributed by atoms with E-state index in [1.165, 1.54) is 0 Å². The van der Waals surface area contributed by atoms with E-state index >= 15 is 0 Å². The molecule has 0 aliphatic carbocycles. The summed E-state index contributed by atoms with van der Waals surface area (Å²) in [5.41, 5.74) is 2.82. The van der Waals surface area contributed by atoms with Gasteiger partial charge in [0.15, 0.2) is 0 Å². The number of nitrogens with one attached hydrogen (secondary N) is 2. The van der Waals surface area contributed by atoms with E-state index in [-0.39, 0.29) is 12.1 Å². The molecule has 2 N–H and O–H groups in total. The quantitative estimate of drug-likeness (QED) is 0.356. The predicted molar refractivity (Wildman–Crippen MR) is 125 cm³/mol. The first-order valence-electron chi connectivity index (χ1n) is 9.01. The monoisotopic (exact) mass is 478 g/mol. The average Bonchev–Trinajstić information content (AvgIpc) is 2.66. The fourth-order valence-corrected chi connectivity index (χ4v) is 3.20. The highest BCUT2D eigenvalue weighted by Gasteiger charge is 2.15. The lowest BCUT2D eigenvalue weighted by atomic mass is 10.1. The molecule has 0 saturated carbocycles. The van der Waals surface area contributed by atoms with Gasteiger partial charge in [0.25, 0.3) is 0 Å². The van der Waals surface area contributed by atoms with Crippen LogP contribution in [0.2, 0.25) is 5.02 Å². The van der Waals surface area contributed by atoms with Crippen LogP contribution in [0.3, 0.4) is 0 Å². The maximum Gasteiger partial charge on any atom is 0.323 e. The summed E-state index contributed by atoms with van der Waals surface area (Å²) in [7, 11) is 1.83. The molecule has 0 unspecified atom stereocenters. The molecule has 0 saturated heterocycles. The van der Waals surface area contributed by atoms with Gasteiger partial charge in [-0.25, -0.2) is 4.79 Å². The number of ether oxygens (including phenoxy) is 1. The van der Waals surface area contributed by atoms with E-state index in [9.17, 15) is 4.79 Å². The molecule has 0 aromatic heterocycles. The van der Waals surface area contributed by atoms with E-state index in [0.717, 1.165) is 11.3 Å². The van der Waals surface area contributed by atoms with Crippen molar-refractivity contribution in [1.82, 2.24) is 5.01 Å². The fourth-order valence-electron chi connectivity index (χ4n) is 2.53. The van der Waals surface area contributed by atoms with Crippen LogP contribution in [0.15, 0.2) is 52.6 Å². The van der Waals surface area contributed by atoms with Crippen molar-refractivity contribution in [2.45, 2.75) is 26.9 Å². The van der Waals surface area contributed by atoms with Gasteiger partial charge in [0.2, 0.25) is 0 Å². The van der Waals surface area contributed by atoms with Crippen LogP contribution in [-0.2, 0) is 0 Å². The molecule has 0 radical (unpaired) electrons. The molecule has 0 aliphatic heterocycles. The van der Waals surface area contributed by atoms with Crippen molar-refractivity contribution < 1.29 is 9.53 Å². The van der Waals surface area contributed by atoms with Crippen LogP contribution >= 0.6 is 27.5 Å². The minimum absolute atomic E-state index is 0.00248. The Morgan fingerprint density at radius 3 is 2.38 bits per heavy atom. The van der Waals surface area contributed by atoms with Crippen molar-refractivity contribution in [3.05, 3.63) is 58.0 Å². The van der Waals surface area contributed by atoms with E-state index in [4.69, 9.17) is 16.3 Å². The lowest BCUT2D eigenvalue weighted by Crippen LogP contribution is -2.20. The van der Waals surface area contributed by atoms with Gasteiger partial charge >= 0.3 is 6.03 Å². The Bertz CT molecular complexity index is 898. The van der Waals surface area contributed by atoms with E-state index in [1.54, 1.807) is 46.5 Å². The number of benzene rings is 2. The number of carbonyl (C=O) groups excluding carboxylic acids is 1. The molecule has 0 heterocycles. The van der Waals surface area contributed by atoms with Gasteiger partial charge in [-0.3, -0.25) is 5.01 Å². The first kappa shape index (κ1) is 22.8. The van der Waals surface area contributed by atoms with E-state index in [2.05, 4.69) is 31.7 Å². The minimum Gasteiger partial charge on any atom is -0.490 e. The number of rotatable bonds is 7. The molecule has 2 aromatic rings. The highest BCUT2D eigenvalue weighted by Crippen LogP contribution is 2.32. The van der Waals surface area contributed by atoms with Crippen LogP contribution in [0.1, 0.15) is 26.3 Å². The van der Waals surface area contributed by atoms with Crippen molar-refractivity contribution in [1.29, 1.82) is 0 Å². The number of amides is 2. The lowest BCUT2D eigenvalue weighted by molar-refractivity contribution is 0.241. The zero-order valence-electron chi connectivity index (χ0n) is 16.7. The molecule has 0 fully saturated rings. The maximum absolute atomic E-state index is 12.4. The molecule has 0 spiro atoms. The Labute approximate surface area is 184 Å². The summed E-state index contributed by atoms with van der Waals surface area (Å²) in [4.78, 5) is 14.1. The maximum atomic E-state index is 12.4. The number of urea groups is 1. The predicted octanol–water partition coefficient (Wildman–Crippen LogP) is 6.40. The first-order valence-corrected chi connectivity index (χ1v) is 10.3. The summed E-state index contributed by atoms with van der Waals surface area (Å²) in [6, 6.07) is 12.0. The van der Waals surface area contributed by atoms with Crippen LogP contribution in [0.25, 0.3) is 5.70 Å². The Balaban J connectivity index is 2.28. The van der Waals surface area contributed by atoms with Crippen LogP contribution in [-0.4, -0.2) is 30.4 Å². The van der Waals surface area contributed by atoms with Crippen molar-refractivity contribution in [3.63, 3.8) is 0 Å². The zero-order valence-corrected chi connectivity index (χ0v) is 19.1. The summed E-state index contributed by atoms with van der Waals surface area (Å²) in [5, 5.41) is 12.2. The third-order valence-corrected chi connectivity index (χ3v) is 4.40. The van der Waals surface area contributed by atoms with Gasteiger partial charge in [0.1, 0.15) is 5.75 Å². The van der Waals surface area contributed by atoms with Crippen LogP contribution < -0.4 is 15.4 Å². The number of hydrogen-bond donors (Lipinski definition) is 2. The molecule has 29 heavy (non-hydrogen) atoms. The second-order valence-corrected chi connectivity index (χ2v) is 7.25. The van der Waals surface area contributed by atoms with Gasteiger partial charge in [0, 0.05) is 40.2 Å². The number of nitrogens with zero attached hydrogens (tertiary/aromatic N) is 2. The number of hydrazone groups is 1.